The van der Waals surface area contributed by atoms with Gasteiger partial charge in [-0.15, -0.1) is 0 Å². The van der Waals surface area contributed by atoms with Crippen molar-refractivity contribution in [1.29, 1.82) is 0 Å². The number of methoxy groups -OCH3 is 1. The van der Waals surface area contributed by atoms with Crippen molar-refractivity contribution in [2.75, 3.05) is 7.11 Å². The molecule has 0 radical (unpaired) electrons. The highest BCUT2D eigenvalue weighted by molar-refractivity contribution is 7.78. The minimum Gasteiger partial charge on any atom is -0.494 e. The fourth-order valence-electron chi connectivity index (χ4n) is 1.58. The normalized spacial score (nSPS) is 10.3. The molecule has 0 spiro atoms. The Labute approximate surface area is 113 Å². The average Bonchev–Trinajstić information content (AvgIpc) is 2.88. The number of aliphatic imine (C=N–C) groups is 1. The number of isothiocyanates is 1. The molecule has 19 heavy (non-hydrogen) atoms. The quantitative estimate of drug-likeness (QED) is 0.635. The number of hydrogen-bond acceptors (Lipinski definition) is 4. The molecule has 4 nitrogen and oxygen atoms in total. The molecule has 2 rings (SSSR count). The number of alkyl halides is 2. The van der Waals surface area contributed by atoms with Crippen LogP contribution < -0.4 is 4.74 Å². The minimum absolute atomic E-state index is 0.289. The maximum atomic E-state index is 12.5. The van der Waals surface area contributed by atoms with Crippen molar-refractivity contribution in [1.82, 2.24) is 9.55 Å². The Bertz CT molecular complexity index is 636. The number of hydrogen-bond donors (Lipinski definition) is 0. The summed E-state index contributed by atoms with van der Waals surface area (Å²) in [6.45, 7) is 0. The van der Waals surface area contributed by atoms with E-state index in [4.69, 9.17) is 4.74 Å². The molecule has 7 heteroatoms. The fraction of sp³-hybridized carbons (Fsp3) is 0.167. The van der Waals surface area contributed by atoms with E-state index in [0.29, 0.717) is 17.1 Å². The van der Waals surface area contributed by atoms with Crippen molar-refractivity contribution < 1.29 is 13.5 Å². The van der Waals surface area contributed by atoms with Crippen molar-refractivity contribution in [2.24, 2.45) is 4.99 Å². The molecule has 1 aromatic carbocycles. The second-order valence-corrected chi connectivity index (χ2v) is 3.75. The molecule has 0 N–H and O–H groups in total. The molecular weight excluding hydrogens is 272 g/mol. The molecule has 0 saturated carbocycles. The maximum Gasteiger partial charge on any atom is 0.281 e. The Balaban J connectivity index is 2.45. The van der Waals surface area contributed by atoms with Crippen LogP contribution in [-0.2, 0) is 0 Å². The summed E-state index contributed by atoms with van der Waals surface area (Å²) in [5.74, 6) is 0.477. The summed E-state index contributed by atoms with van der Waals surface area (Å²) in [4.78, 5) is 7.45. The molecule has 0 aliphatic rings. The monoisotopic (exact) mass is 281 g/mol. The van der Waals surface area contributed by atoms with Gasteiger partial charge >= 0.3 is 0 Å². The van der Waals surface area contributed by atoms with Gasteiger partial charge in [-0.2, -0.15) is 4.99 Å². The van der Waals surface area contributed by atoms with E-state index in [-0.39, 0.29) is 5.69 Å². The molecule has 2 aromatic rings. The average molecular weight is 281 g/mol. The summed E-state index contributed by atoms with van der Waals surface area (Å²) in [7, 11) is 1.48. The van der Waals surface area contributed by atoms with Gasteiger partial charge in [-0.05, 0) is 24.4 Å². The molecule has 0 bridgehead atoms. The third kappa shape index (κ3) is 2.83. The fourth-order valence-corrected chi connectivity index (χ4v) is 1.69. The van der Waals surface area contributed by atoms with Gasteiger partial charge in [0.1, 0.15) is 11.4 Å². The van der Waals surface area contributed by atoms with Crippen LogP contribution in [0, 0.1) is 0 Å². The first-order valence-corrected chi connectivity index (χ1v) is 5.65. The Hall–Kier alpha value is -2.11. The van der Waals surface area contributed by atoms with Crippen LogP contribution in [0.2, 0.25) is 0 Å². The van der Waals surface area contributed by atoms with Gasteiger partial charge in [-0.1, -0.05) is 0 Å². The number of rotatable bonds is 4. The smallest absolute Gasteiger partial charge is 0.281 e. The van der Waals surface area contributed by atoms with E-state index in [1.165, 1.54) is 24.2 Å². The van der Waals surface area contributed by atoms with Crippen molar-refractivity contribution in [3.8, 4) is 11.4 Å². The lowest BCUT2D eigenvalue weighted by atomic mass is 10.2. The van der Waals surface area contributed by atoms with Crippen LogP contribution in [0.4, 0.5) is 14.5 Å². The van der Waals surface area contributed by atoms with Gasteiger partial charge in [-0.3, -0.25) is 0 Å². The number of benzene rings is 1. The van der Waals surface area contributed by atoms with Gasteiger partial charge in [0.2, 0.25) is 0 Å². The standard InChI is InChI=1S/C12H9F2N3OS/c1-18-11-4-8(16-7-19)2-3-10(11)17-5-9(12(13)14)15-6-17/h2-6,12H,1H3. The number of halogens is 2. The molecular formula is C12H9F2N3OS. The van der Waals surface area contributed by atoms with Gasteiger partial charge in [0.25, 0.3) is 6.43 Å². The molecule has 98 valence electrons. The van der Waals surface area contributed by atoms with E-state index in [0.717, 1.165) is 0 Å². The highest BCUT2D eigenvalue weighted by atomic mass is 32.1. The van der Waals surface area contributed by atoms with Crippen LogP contribution in [0.25, 0.3) is 5.69 Å². The van der Waals surface area contributed by atoms with Crippen molar-refractivity contribution in [2.45, 2.75) is 6.43 Å². The van der Waals surface area contributed by atoms with E-state index in [9.17, 15) is 8.78 Å². The lowest BCUT2D eigenvalue weighted by Gasteiger charge is -2.09. The van der Waals surface area contributed by atoms with E-state index in [1.807, 2.05) is 0 Å². The van der Waals surface area contributed by atoms with E-state index in [2.05, 4.69) is 27.4 Å². The van der Waals surface area contributed by atoms with Gasteiger partial charge < -0.3 is 9.30 Å². The van der Waals surface area contributed by atoms with Crippen molar-refractivity contribution >= 4 is 23.1 Å². The van der Waals surface area contributed by atoms with Gasteiger partial charge in [0, 0.05) is 12.3 Å². The Kier molecular flexibility index (Phi) is 3.99. The molecule has 0 atom stereocenters. The third-order valence-electron chi connectivity index (χ3n) is 2.44. The molecule has 0 saturated heterocycles. The first-order valence-electron chi connectivity index (χ1n) is 5.24. The molecule has 0 amide bonds. The number of thiocarbonyl (C=S) groups is 1. The first-order chi connectivity index (χ1) is 9.15. The lowest BCUT2D eigenvalue weighted by molar-refractivity contribution is 0.146. The number of aromatic nitrogens is 2. The summed E-state index contributed by atoms with van der Waals surface area (Å²) in [5.41, 5.74) is 0.873. The topological polar surface area (TPSA) is 39.4 Å². The minimum atomic E-state index is -2.61. The molecule has 0 aliphatic heterocycles. The summed E-state index contributed by atoms with van der Waals surface area (Å²) < 4.78 is 31.7. The predicted molar refractivity (Wildman–Crippen MR) is 69.8 cm³/mol. The molecule has 0 aliphatic carbocycles. The molecule has 1 aromatic heterocycles. The Morgan fingerprint density at radius 2 is 2.26 bits per heavy atom. The predicted octanol–water partition coefficient (Wildman–Crippen LogP) is 3.55. The molecule has 0 unspecified atom stereocenters. The molecule has 1 heterocycles. The maximum absolute atomic E-state index is 12.5. The van der Waals surface area contributed by atoms with Crippen LogP contribution in [-0.4, -0.2) is 21.8 Å². The number of nitrogens with zero attached hydrogens (tertiary/aromatic N) is 3. The second-order valence-electron chi connectivity index (χ2n) is 3.57. The summed E-state index contributed by atoms with van der Waals surface area (Å²) in [6.07, 6.45) is -0.0440. The highest BCUT2D eigenvalue weighted by Crippen LogP contribution is 2.29. The number of ether oxygens (including phenoxy) is 1. The highest BCUT2D eigenvalue weighted by Gasteiger charge is 2.13. The van der Waals surface area contributed by atoms with E-state index >= 15 is 0 Å². The van der Waals surface area contributed by atoms with Gasteiger partial charge in [0.15, 0.2) is 0 Å². The largest absolute Gasteiger partial charge is 0.494 e. The lowest BCUT2D eigenvalue weighted by Crippen LogP contribution is -1.95. The van der Waals surface area contributed by atoms with Gasteiger partial charge in [-0.25, -0.2) is 13.8 Å². The zero-order chi connectivity index (χ0) is 13.8. The van der Waals surface area contributed by atoms with Crippen LogP contribution in [0.5, 0.6) is 5.75 Å². The Morgan fingerprint density at radius 1 is 1.47 bits per heavy atom. The van der Waals surface area contributed by atoms with Crippen LogP contribution in [0.15, 0.2) is 35.7 Å². The zero-order valence-electron chi connectivity index (χ0n) is 9.88. The molecule has 0 fully saturated rings. The van der Waals surface area contributed by atoms with E-state index < -0.39 is 6.43 Å². The summed E-state index contributed by atoms with van der Waals surface area (Å²) in [6, 6.07) is 5.00. The Morgan fingerprint density at radius 3 is 2.84 bits per heavy atom. The van der Waals surface area contributed by atoms with E-state index in [1.54, 1.807) is 18.2 Å². The second kappa shape index (κ2) is 5.69. The van der Waals surface area contributed by atoms with Crippen LogP contribution in [0.1, 0.15) is 12.1 Å². The van der Waals surface area contributed by atoms with Crippen molar-refractivity contribution in [3.05, 3.63) is 36.4 Å². The third-order valence-corrected chi connectivity index (χ3v) is 2.53. The zero-order valence-corrected chi connectivity index (χ0v) is 10.7. The summed E-state index contributed by atoms with van der Waals surface area (Å²) in [5, 5.41) is 2.25. The van der Waals surface area contributed by atoms with Crippen LogP contribution in [0.3, 0.4) is 0 Å². The van der Waals surface area contributed by atoms with Gasteiger partial charge in [0.05, 0.1) is 30.0 Å². The SMILES string of the molecule is COc1cc(N=C=S)ccc1-n1cnc(C(F)F)c1. The van der Waals surface area contributed by atoms with Crippen LogP contribution >= 0.6 is 12.2 Å². The number of imidazole rings is 1. The summed E-state index contributed by atoms with van der Waals surface area (Å²) >= 11 is 4.52. The van der Waals surface area contributed by atoms with Crippen molar-refractivity contribution in [3.63, 3.8) is 0 Å². The first kappa shape index (κ1) is 13.3.